The van der Waals surface area contributed by atoms with Gasteiger partial charge < -0.3 is 4.74 Å². The fourth-order valence-electron chi connectivity index (χ4n) is 1.08. The Morgan fingerprint density at radius 3 is 2.31 bits per heavy atom. The van der Waals surface area contributed by atoms with E-state index in [1.165, 1.54) is 0 Å². The normalized spacial score (nSPS) is 13.1. The molecule has 0 aliphatic carbocycles. The number of para-hydroxylation sites is 1. The maximum Gasteiger partial charge on any atom is 0.126 e. The molecule has 0 unspecified atom stereocenters. The van der Waals surface area contributed by atoms with Crippen LogP contribution in [-0.2, 0) is 0 Å². The molecule has 0 bridgehead atoms. The molecule has 1 aromatic carbocycles. The van der Waals surface area contributed by atoms with E-state index in [1.807, 2.05) is 37.3 Å². The molecule has 86 valence electrons. The third kappa shape index (κ3) is 5.40. The van der Waals surface area contributed by atoms with Gasteiger partial charge in [0.05, 0.1) is 6.26 Å². The average Bonchev–Trinajstić information content (AvgIpc) is 2.24. The maximum absolute atomic E-state index is 5.52. The fraction of sp³-hybridized carbons (Fsp3) is 0.333. The maximum atomic E-state index is 5.52. The zero-order valence-electron chi connectivity index (χ0n) is 10.5. The van der Waals surface area contributed by atoms with Gasteiger partial charge in [0.15, 0.2) is 0 Å². The summed E-state index contributed by atoms with van der Waals surface area (Å²) in [6.07, 6.45) is 6.04. The Hall–Kier alpha value is -1.50. The van der Waals surface area contributed by atoms with E-state index in [0.29, 0.717) is 0 Å². The molecular weight excluding hydrogens is 196 g/mol. The highest BCUT2D eigenvalue weighted by molar-refractivity contribution is 5.24. The van der Waals surface area contributed by atoms with Gasteiger partial charge in [0.25, 0.3) is 0 Å². The molecule has 0 spiro atoms. The first-order chi connectivity index (χ1) is 7.47. The molecule has 0 aromatic heterocycles. The van der Waals surface area contributed by atoms with Crippen molar-refractivity contribution in [2.75, 3.05) is 0 Å². The van der Waals surface area contributed by atoms with Gasteiger partial charge in [-0.2, -0.15) is 0 Å². The molecule has 1 nitrogen and oxygen atoms in total. The number of hydrogen-bond donors (Lipinski definition) is 0. The molecule has 0 atom stereocenters. The van der Waals surface area contributed by atoms with Gasteiger partial charge in [-0.1, -0.05) is 51.1 Å². The smallest absolute Gasteiger partial charge is 0.126 e. The summed E-state index contributed by atoms with van der Waals surface area (Å²) in [7, 11) is 0. The Morgan fingerprint density at radius 1 is 1.12 bits per heavy atom. The van der Waals surface area contributed by atoms with Crippen LogP contribution in [0.4, 0.5) is 0 Å². The van der Waals surface area contributed by atoms with Crippen molar-refractivity contribution in [3.63, 3.8) is 0 Å². The minimum Gasteiger partial charge on any atom is -0.465 e. The van der Waals surface area contributed by atoms with Crippen LogP contribution in [0.15, 0.2) is 54.3 Å². The highest BCUT2D eigenvalue weighted by Crippen LogP contribution is 2.16. The van der Waals surface area contributed by atoms with Crippen LogP contribution in [0.2, 0.25) is 0 Å². The summed E-state index contributed by atoms with van der Waals surface area (Å²) < 4.78 is 5.52. The quantitative estimate of drug-likeness (QED) is 0.531. The summed E-state index contributed by atoms with van der Waals surface area (Å²) in [5.41, 5.74) is 1.32. The predicted molar refractivity (Wildman–Crippen MR) is 69.4 cm³/mol. The molecule has 0 amide bonds. The molecule has 1 aromatic rings. The first kappa shape index (κ1) is 12.6. The van der Waals surface area contributed by atoms with E-state index in [0.717, 1.165) is 11.3 Å². The topological polar surface area (TPSA) is 9.23 Å². The van der Waals surface area contributed by atoms with Gasteiger partial charge in [-0.3, -0.25) is 0 Å². The minimum atomic E-state index is 0.210. The fourth-order valence-corrected chi connectivity index (χ4v) is 1.08. The minimum absolute atomic E-state index is 0.210. The second-order valence-corrected chi connectivity index (χ2v) is 4.99. The molecule has 1 rings (SSSR count). The lowest BCUT2D eigenvalue weighted by atomic mass is 9.96. The molecular formula is C15H20O. The Balaban J connectivity index is 2.56. The van der Waals surface area contributed by atoms with E-state index in [4.69, 9.17) is 4.74 Å². The van der Waals surface area contributed by atoms with E-state index in [9.17, 15) is 0 Å². The lowest BCUT2D eigenvalue weighted by molar-refractivity contribution is 0.477. The van der Waals surface area contributed by atoms with Gasteiger partial charge in [0.2, 0.25) is 0 Å². The number of ether oxygens (including phenoxy) is 1. The Morgan fingerprint density at radius 2 is 1.75 bits per heavy atom. The molecule has 1 heteroatoms. The van der Waals surface area contributed by atoms with Crippen molar-refractivity contribution in [1.82, 2.24) is 0 Å². The van der Waals surface area contributed by atoms with Crippen molar-refractivity contribution in [3.8, 4) is 5.75 Å². The van der Waals surface area contributed by atoms with Crippen LogP contribution in [0.1, 0.15) is 27.7 Å². The van der Waals surface area contributed by atoms with Crippen LogP contribution >= 0.6 is 0 Å². The van der Waals surface area contributed by atoms with Gasteiger partial charge in [-0.25, -0.2) is 0 Å². The first-order valence-corrected chi connectivity index (χ1v) is 5.55. The van der Waals surface area contributed by atoms with Gasteiger partial charge in [0, 0.05) is 0 Å². The molecule has 0 heterocycles. The van der Waals surface area contributed by atoms with Crippen LogP contribution in [0.3, 0.4) is 0 Å². The van der Waals surface area contributed by atoms with Gasteiger partial charge in [-0.15, -0.1) is 0 Å². The Kier molecular flexibility index (Phi) is 4.36. The van der Waals surface area contributed by atoms with Crippen LogP contribution in [0, 0.1) is 5.41 Å². The van der Waals surface area contributed by atoms with E-state index >= 15 is 0 Å². The van der Waals surface area contributed by atoms with Crippen molar-refractivity contribution in [3.05, 3.63) is 54.3 Å². The molecule has 16 heavy (non-hydrogen) atoms. The van der Waals surface area contributed by atoms with Gasteiger partial charge in [-0.05, 0) is 30.0 Å². The summed E-state index contributed by atoms with van der Waals surface area (Å²) in [5.74, 6) is 0.867. The molecule has 0 saturated carbocycles. The van der Waals surface area contributed by atoms with E-state index in [2.05, 4.69) is 32.9 Å². The summed E-state index contributed by atoms with van der Waals surface area (Å²) >= 11 is 0. The SMILES string of the molecule is CC(=C/Oc1ccccc1)/C=C/C(C)(C)C. The second kappa shape index (κ2) is 5.55. The molecule has 0 fully saturated rings. The highest BCUT2D eigenvalue weighted by atomic mass is 16.5. The molecule has 0 aliphatic rings. The standard InChI is InChI=1S/C15H20O/c1-13(10-11-15(2,3)4)12-16-14-8-6-5-7-9-14/h5-12H,1-4H3/b11-10+,13-12-. The van der Waals surface area contributed by atoms with Gasteiger partial charge in [0.1, 0.15) is 5.75 Å². The number of hydrogen-bond acceptors (Lipinski definition) is 1. The summed E-state index contributed by atoms with van der Waals surface area (Å²) in [6, 6.07) is 9.78. The number of rotatable bonds is 3. The van der Waals surface area contributed by atoms with Crippen LogP contribution in [0.25, 0.3) is 0 Å². The Labute approximate surface area is 98.5 Å². The van der Waals surface area contributed by atoms with Crippen molar-refractivity contribution in [1.29, 1.82) is 0 Å². The second-order valence-electron chi connectivity index (χ2n) is 4.99. The molecule has 0 radical (unpaired) electrons. The van der Waals surface area contributed by atoms with Crippen molar-refractivity contribution in [2.24, 2.45) is 5.41 Å². The Bertz CT molecular complexity index is 366. The lowest BCUT2D eigenvalue weighted by Crippen LogP contribution is -1.98. The van der Waals surface area contributed by atoms with Crippen molar-refractivity contribution < 1.29 is 4.74 Å². The number of benzene rings is 1. The molecule has 0 aliphatic heterocycles. The summed E-state index contributed by atoms with van der Waals surface area (Å²) in [5, 5.41) is 0. The zero-order valence-corrected chi connectivity index (χ0v) is 10.5. The third-order valence-electron chi connectivity index (χ3n) is 1.97. The van der Waals surface area contributed by atoms with Crippen LogP contribution < -0.4 is 4.74 Å². The zero-order chi connectivity index (χ0) is 12.0. The predicted octanol–water partition coefficient (Wildman–Crippen LogP) is 4.57. The lowest BCUT2D eigenvalue weighted by Gasteiger charge is -2.10. The molecule has 0 saturated heterocycles. The molecule has 0 N–H and O–H groups in total. The van der Waals surface area contributed by atoms with Crippen LogP contribution in [0.5, 0.6) is 5.75 Å². The third-order valence-corrected chi connectivity index (χ3v) is 1.97. The highest BCUT2D eigenvalue weighted by Gasteiger charge is 2.02. The summed E-state index contributed by atoms with van der Waals surface area (Å²) in [6.45, 7) is 8.56. The van der Waals surface area contributed by atoms with E-state index in [-0.39, 0.29) is 5.41 Å². The average molecular weight is 216 g/mol. The largest absolute Gasteiger partial charge is 0.465 e. The van der Waals surface area contributed by atoms with Crippen molar-refractivity contribution >= 4 is 0 Å². The number of allylic oxidation sites excluding steroid dienone is 3. The first-order valence-electron chi connectivity index (χ1n) is 5.55. The van der Waals surface area contributed by atoms with E-state index < -0.39 is 0 Å². The summed E-state index contributed by atoms with van der Waals surface area (Å²) in [4.78, 5) is 0. The van der Waals surface area contributed by atoms with Gasteiger partial charge >= 0.3 is 0 Å². The van der Waals surface area contributed by atoms with Crippen molar-refractivity contribution in [2.45, 2.75) is 27.7 Å². The monoisotopic (exact) mass is 216 g/mol. The van der Waals surface area contributed by atoms with E-state index in [1.54, 1.807) is 6.26 Å². The van der Waals surface area contributed by atoms with Crippen LogP contribution in [-0.4, -0.2) is 0 Å².